The normalized spacial score (nSPS) is 14.3. The van der Waals surface area contributed by atoms with Crippen LogP contribution in [0.4, 0.5) is 5.69 Å². The van der Waals surface area contributed by atoms with Crippen molar-refractivity contribution in [3.8, 4) is 0 Å². The average molecular weight is 296 g/mol. The van der Waals surface area contributed by atoms with Gasteiger partial charge >= 0.3 is 0 Å². The van der Waals surface area contributed by atoms with Gasteiger partial charge in [0.05, 0.1) is 5.75 Å². The molecule has 5 nitrogen and oxygen atoms in total. The van der Waals surface area contributed by atoms with Crippen molar-refractivity contribution in [3.63, 3.8) is 0 Å². The Morgan fingerprint density at radius 1 is 1.40 bits per heavy atom. The zero-order valence-electron chi connectivity index (χ0n) is 11.8. The Bertz CT molecular complexity index is 611. The Labute approximate surface area is 119 Å². The van der Waals surface area contributed by atoms with Crippen molar-refractivity contribution < 1.29 is 13.2 Å². The molecule has 6 heteroatoms. The molecule has 1 heterocycles. The number of nitrogens with one attached hydrogen (secondary N) is 1. The van der Waals surface area contributed by atoms with Gasteiger partial charge in [-0.3, -0.25) is 4.79 Å². The van der Waals surface area contributed by atoms with E-state index in [4.69, 9.17) is 0 Å². The molecule has 0 saturated carbocycles. The minimum atomic E-state index is -3.06. The highest BCUT2D eigenvalue weighted by Crippen LogP contribution is 2.26. The Kier molecular flexibility index (Phi) is 4.32. The van der Waals surface area contributed by atoms with E-state index in [1.54, 1.807) is 7.05 Å². The third kappa shape index (κ3) is 3.50. The highest BCUT2D eigenvalue weighted by atomic mass is 32.2. The first-order valence-corrected chi connectivity index (χ1v) is 8.73. The van der Waals surface area contributed by atoms with Crippen LogP contribution in [0.3, 0.4) is 0 Å². The Hall–Kier alpha value is -1.56. The molecule has 0 atom stereocenters. The van der Waals surface area contributed by atoms with Gasteiger partial charge in [-0.2, -0.15) is 0 Å². The number of rotatable bonds is 4. The fourth-order valence-electron chi connectivity index (χ4n) is 2.32. The Balaban J connectivity index is 2.17. The second kappa shape index (κ2) is 5.83. The maximum absolute atomic E-state index is 12.4. The van der Waals surface area contributed by atoms with Gasteiger partial charge in [0.1, 0.15) is 9.84 Å². The van der Waals surface area contributed by atoms with Crippen LogP contribution in [0.15, 0.2) is 18.2 Å². The van der Waals surface area contributed by atoms with Crippen LogP contribution in [0, 0.1) is 0 Å². The molecule has 0 fully saturated rings. The second-order valence-electron chi connectivity index (χ2n) is 5.22. The van der Waals surface area contributed by atoms with Gasteiger partial charge in [0, 0.05) is 37.6 Å². The number of sulfone groups is 1. The first kappa shape index (κ1) is 14.8. The molecule has 110 valence electrons. The van der Waals surface area contributed by atoms with Crippen molar-refractivity contribution in [2.75, 3.05) is 37.5 Å². The summed E-state index contributed by atoms with van der Waals surface area (Å²) in [5, 5.41) is 3.29. The quantitative estimate of drug-likeness (QED) is 0.905. The SMILES string of the molecule is CN(CCS(C)(=O)=O)C(=O)c1cccc2c1CCCN2. The molecule has 1 aromatic carbocycles. The molecule has 0 bridgehead atoms. The molecular weight excluding hydrogens is 276 g/mol. The molecule has 1 aromatic rings. The molecule has 0 aliphatic carbocycles. The summed E-state index contributed by atoms with van der Waals surface area (Å²) < 4.78 is 22.4. The van der Waals surface area contributed by atoms with Gasteiger partial charge in [-0.1, -0.05) is 6.07 Å². The molecule has 1 aliphatic rings. The van der Waals surface area contributed by atoms with Gasteiger partial charge in [-0.05, 0) is 30.5 Å². The van der Waals surface area contributed by atoms with E-state index in [9.17, 15) is 13.2 Å². The lowest BCUT2D eigenvalue weighted by molar-refractivity contribution is 0.0802. The minimum absolute atomic E-state index is 0.0114. The van der Waals surface area contributed by atoms with Gasteiger partial charge in [0.25, 0.3) is 5.91 Å². The lowest BCUT2D eigenvalue weighted by atomic mass is 9.97. The maximum atomic E-state index is 12.4. The summed E-state index contributed by atoms with van der Waals surface area (Å²) in [6.45, 7) is 1.14. The fourth-order valence-corrected chi connectivity index (χ4v) is 2.93. The molecular formula is C14H20N2O3S. The predicted octanol–water partition coefficient (Wildman–Crippen LogP) is 1.16. The number of carbonyl (C=O) groups excluding carboxylic acids is 1. The summed E-state index contributed by atoms with van der Waals surface area (Å²) in [6.07, 6.45) is 3.06. The van der Waals surface area contributed by atoms with Crippen LogP contribution >= 0.6 is 0 Å². The van der Waals surface area contributed by atoms with E-state index in [2.05, 4.69) is 5.32 Å². The molecule has 1 amide bonds. The third-order valence-electron chi connectivity index (χ3n) is 3.47. The molecule has 20 heavy (non-hydrogen) atoms. The lowest BCUT2D eigenvalue weighted by Crippen LogP contribution is -2.32. The van der Waals surface area contributed by atoms with Crippen molar-refractivity contribution in [1.29, 1.82) is 0 Å². The number of benzene rings is 1. The third-order valence-corrected chi connectivity index (χ3v) is 4.39. The van der Waals surface area contributed by atoms with Crippen molar-refractivity contribution in [1.82, 2.24) is 4.90 Å². The minimum Gasteiger partial charge on any atom is -0.385 e. The smallest absolute Gasteiger partial charge is 0.253 e. The molecule has 0 aromatic heterocycles. The Morgan fingerprint density at radius 3 is 2.85 bits per heavy atom. The summed E-state index contributed by atoms with van der Waals surface area (Å²) in [5.41, 5.74) is 2.72. The van der Waals surface area contributed by atoms with Crippen LogP contribution in [-0.4, -0.2) is 51.4 Å². The number of nitrogens with zero attached hydrogens (tertiary/aromatic N) is 1. The van der Waals surface area contributed by atoms with Gasteiger partial charge in [-0.15, -0.1) is 0 Å². The van der Waals surface area contributed by atoms with Crippen molar-refractivity contribution >= 4 is 21.4 Å². The summed E-state index contributed by atoms with van der Waals surface area (Å²) in [6, 6.07) is 5.64. The molecule has 0 saturated heterocycles. The van der Waals surface area contributed by atoms with Crippen molar-refractivity contribution in [2.24, 2.45) is 0 Å². The first-order chi connectivity index (χ1) is 9.38. The molecule has 0 radical (unpaired) electrons. The summed E-state index contributed by atoms with van der Waals surface area (Å²) in [7, 11) is -1.42. The Morgan fingerprint density at radius 2 is 2.15 bits per heavy atom. The van der Waals surface area contributed by atoms with Crippen molar-refractivity contribution in [3.05, 3.63) is 29.3 Å². The lowest BCUT2D eigenvalue weighted by Gasteiger charge is -2.23. The highest BCUT2D eigenvalue weighted by molar-refractivity contribution is 7.90. The van der Waals surface area contributed by atoms with Gasteiger partial charge in [-0.25, -0.2) is 8.42 Å². The molecule has 0 unspecified atom stereocenters. The van der Waals surface area contributed by atoms with E-state index in [1.165, 1.54) is 11.2 Å². The topological polar surface area (TPSA) is 66.5 Å². The fraction of sp³-hybridized carbons (Fsp3) is 0.500. The van der Waals surface area contributed by atoms with E-state index in [0.717, 1.165) is 30.6 Å². The number of anilines is 1. The largest absolute Gasteiger partial charge is 0.385 e. The molecule has 1 aliphatic heterocycles. The summed E-state index contributed by atoms with van der Waals surface area (Å²) in [5.74, 6) is -0.128. The molecule has 1 N–H and O–H groups in total. The van der Waals surface area contributed by atoms with Crippen molar-refractivity contribution in [2.45, 2.75) is 12.8 Å². The van der Waals surface area contributed by atoms with Gasteiger partial charge in [0.15, 0.2) is 0 Å². The number of fused-ring (bicyclic) bond motifs is 1. The number of amides is 1. The standard InChI is InChI=1S/C14H20N2O3S/c1-16(9-10-20(2,18)19)14(17)12-5-3-7-13-11(12)6-4-8-15-13/h3,5,7,15H,4,6,8-10H2,1-2H3. The zero-order chi connectivity index (χ0) is 14.8. The van der Waals surface area contributed by atoms with Crippen LogP contribution < -0.4 is 5.32 Å². The van der Waals surface area contributed by atoms with E-state index < -0.39 is 9.84 Å². The van der Waals surface area contributed by atoms with E-state index in [0.29, 0.717) is 5.56 Å². The summed E-state index contributed by atoms with van der Waals surface area (Å²) in [4.78, 5) is 13.9. The van der Waals surface area contributed by atoms with E-state index in [1.807, 2.05) is 18.2 Å². The summed E-state index contributed by atoms with van der Waals surface area (Å²) >= 11 is 0. The van der Waals surface area contributed by atoms with E-state index >= 15 is 0 Å². The molecule has 0 spiro atoms. The van der Waals surface area contributed by atoms with Gasteiger partial charge < -0.3 is 10.2 Å². The first-order valence-electron chi connectivity index (χ1n) is 6.67. The highest BCUT2D eigenvalue weighted by Gasteiger charge is 2.20. The van der Waals surface area contributed by atoms with Crippen LogP contribution in [0.25, 0.3) is 0 Å². The maximum Gasteiger partial charge on any atom is 0.253 e. The van der Waals surface area contributed by atoms with E-state index in [-0.39, 0.29) is 18.2 Å². The van der Waals surface area contributed by atoms with Crippen LogP contribution in [-0.2, 0) is 16.3 Å². The molecule has 2 rings (SSSR count). The second-order valence-corrected chi connectivity index (χ2v) is 7.48. The van der Waals surface area contributed by atoms with Crippen LogP contribution in [0.1, 0.15) is 22.3 Å². The monoisotopic (exact) mass is 296 g/mol. The number of hydrogen-bond donors (Lipinski definition) is 1. The van der Waals surface area contributed by atoms with Crippen LogP contribution in [0.5, 0.6) is 0 Å². The predicted molar refractivity (Wildman–Crippen MR) is 79.9 cm³/mol. The van der Waals surface area contributed by atoms with Gasteiger partial charge in [0.2, 0.25) is 0 Å². The number of carbonyl (C=O) groups is 1. The zero-order valence-corrected chi connectivity index (χ0v) is 12.7. The van der Waals surface area contributed by atoms with Crippen LogP contribution in [0.2, 0.25) is 0 Å². The average Bonchev–Trinajstić information content (AvgIpc) is 2.42. The number of hydrogen-bond acceptors (Lipinski definition) is 4.